The molecular formula is C7H11N3O2S. The Morgan fingerprint density at radius 3 is 2.77 bits per heavy atom. The van der Waals surface area contributed by atoms with Gasteiger partial charge in [0.2, 0.25) is 10.0 Å². The second-order valence-electron chi connectivity index (χ2n) is 3.60. The molecule has 1 heterocycles. The molecule has 0 aromatic carbocycles. The van der Waals surface area contributed by atoms with Crippen LogP contribution in [0.4, 0.5) is 0 Å². The van der Waals surface area contributed by atoms with Gasteiger partial charge in [-0.25, -0.2) is 13.1 Å². The number of rotatable bonds is 3. The van der Waals surface area contributed by atoms with Crippen molar-refractivity contribution in [1.29, 1.82) is 0 Å². The summed E-state index contributed by atoms with van der Waals surface area (Å²) in [7, 11) is -3.36. The number of H-pyrrole nitrogens is 1. The largest absolute Gasteiger partial charge is 0.284 e. The fourth-order valence-corrected chi connectivity index (χ4v) is 2.43. The molecule has 13 heavy (non-hydrogen) atoms. The summed E-state index contributed by atoms with van der Waals surface area (Å²) in [5, 5.41) is 6.07. The van der Waals surface area contributed by atoms with E-state index in [0.717, 1.165) is 12.8 Å². The normalized spacial score (nSPS) is 20.1. The van der Waals surface area contributed by atoms with E-state index in [9.17, 15) is 8.42 Å². The molecule has 6 heteroatoms. The third kappa shape index (κ3) is 1.73. The number of nitrogens with zero attached hydrogens (tertiary/aromatic N) is 1. The Morgan fingerprint density at radius 2 is 2.31 bits per heavy atom. The summed E-state index contributed by atoms with van der Waals surface area (Å²) in [6.45, 7) is 1.89. The lowest BCUT2D eigenvalue weighted by atomic mass is 10.4. The molecule has 0 bridgehead atoms. The van der Waals surface area contributed by atoms with Gasteiger partial charge in [0.25, 0.3) is 0 Å². The van der Waals surface area contributed by atoms with Crippen LogP contribution in [0.2, 0.25) is 0 Å². The van der Waals surface area contributed by atoms with E-state index in [-0.39, 0.29) is 10.4 Å². The Morgan fingerprint density at radius 1 is 1.62 bits per heavy atom. The van der Waals surface area contributed by atoms with Crippen molar-refractivity contribution < 1.29 is 8.42 Å². The van der Waals surface area contributed by atoms with Crippen molar-refractivity contribution in [2.75, 3.05) is 0 Å². The maximum atomic E-state index is 11.6. The zero-order valence-corrected chi connectivity index (χ0v) is 8.06. The Bertz CT molecular complexity index is 391. The Labute approximate surface area is 76.6 Å². The molecule has 1 saturated carbocycles. The number of hydrogen-bond donors (Lipinski definition) is 2. The Kier molecular flexibility index (Phi) is 1.71. The first kappa shape index (κ1) is 8.71. The summed E-state index contributed by atoms with van der Waals surface area (Å²) in [5.41, 5.74) is -0.226. The molecule has 2 N–H and O–H groups in total. The van der Waals surface area contributed by atoms with E-state index in [2.05, 4.69) is 14.9 Å². The second-order valence-corrected chi connectivity index (χ2v) is 5.28. The van der Waals surface area contributed by atoms with Gasteiger partial charge in [-0.3, -0.25) is 5.10 Å². The van der Waals surface area contributed by atoms with E-state index >= 15 is 0 Å². The predicted molar refractivity (Wildman–Crippen MR) is 46.5 cm³/mol. The third-order valence-corrected chi connectivity index (χ3v) is 3.77. The monoisotopic (exact) mass is 201 g/mol. The van der Waals surface area contributed by atoms with Crippen molar-refractivity contribution >= 4 is 10.0 Å². The van der Waals surface area contributed by atoms with Gasteiger partial charge in [0.05, 0.1) is 6.20 Å². The van der Waals surface area contributed by atoms with Crippen LogP contribution < -0.4 is 4.72 Å². The molecule has 1 aliphatic rings. The van der Waals surface area contributed by atoms with E-state index in [0.29, 0.717) is 0 Å². The number of sulfonamides is 1. The molecular weight excluding hydrogens is 190 g/mol. The van der Waals surface area contributed by atoms with Gasteiger partial charge in [0, 0.05) is 11.7 Å². The van der Waals surface area contributed by atoms with Gasteiger partial charge >= 0.3 is 0 Å². The van der Waals surface area contributed by atoms with Crippen molar-refractivity contribution in [3.63, 3.8) is 0 Å². The molecule has 0 spiro atoms. The summed E-state index contributed by atoms with van der Waals surface area (Å²) in [6.07, 6.45) is 4.48. The molecule has 0 saturated heterocycles. The SMILES string of the molecule is CC1(NS(=O)(=O)c2cn[nH]c2)CC1. The van der Waals surface area contributed by atoms with Crippen LogP contribution in [0.5, 0.6) is 0 Å². The summed E-state index contributed by atoms with van der Waals surface area (Å²) >= 11 is 0. The highest BCUT2D eigenvalue weighted by Crippen LogP contribution is 2.35. The van der Waals surface area contributed by atoms with Gasteiger partial charge in [-0.15, -0.1) is 0 Å². The van der Waals surface area contributed by atoms with Gasteiger partial charge in [0.15, 0.2) is 0 Å². The molecule has 0 amide bonds. The first-order chi connectivity index (χ1) is 6.02. The minimum absolute atomic E-state index is 0.195. The number of aromatic amines is 1. The van der Waals surface area contributed by atoms with Gasteiger partial charge in [-0.05, 0) is 19.8 Å². The Balaban J connectivity index is 2.22. The van der Waals surface area contributed by atoms with Gasteiger partial charge < -0.3 is 0 Å². The molecule has 1 fully saturated rings. The highest BCUT2D eigenvalue weighted by Gasteiger charge is 2.41. The highest BCUT2D eigenvalue weighted by atomic mass is 32.2. The van der Waals surface area contributed by atoms with Gasteiger partial charge in [-0.2, -0.15) is 5.10 Å². The molecule has 0 atom stereocenters. The highest BCUT2D eigenvalue weighted by molar-refractivity contribution is 7.89. The lowest BCUT2D eigenvalue weighted by Crippen LogP contribution is -2.33. The fourth-order valence-electron chi connectivity index (χ4n) is 1.06. The average molecular weight is 201 g/mol. The van der Waals surface area contributed by atoms with E-state index in [1.54, 1.807) is 0 Å². The predicted octanol–water partition coefficient (Wildman–Crippen LogP) is 0.240. The third-order valence-electron chi connectivity index (χ3n) is 2.16. The van der Waals surface area contributed by atoms with E-state index < -0.39 is 10.0 Å². The molecule has 72 valence electrons. The first-order valence-corrected chi connectivity index (χ1v) is 5.53. The smallest absolute Gasteiger partial charge is 0.244 e. The maximum absolute atomic E-state index is 11.6. The summed E-state index contributed by atoms with van der Waals surface area (Å²) < 4.78 is 25.8. The van der Waals surface area contributed by atoms with Crippen molar-refractivity contribution in [3.05, 3.63) is 12.4 Å². The van der Waals surface area contributed by atoms with E-state index in [1.807, 2.05) is 6.92 Å². The van der Waals surface area contributed by atoms with Crippen LogP contribution in [-0.4, -0.2) is 24.2 Å². The summed E-state index contributed by atoms with van der Waals surface area (Å²) in [5.74, 6) is 0. The maximum Gasteiger partial charge on any atom is 0.244 e. The number of aromatic nitrogens is 2. The van der Waals surface area contributed by atoms with E-state index in [1.165, 1.54) is 12.4 Å². The molecule has 2 rings (SSSR count). The standard InChI is InChI=1S/C7H11N3O2S/c1-7(2-3-7)10-13(11,12)6-4-8-9-5-6/h4-5,10H,2-3H2,1H3,(H,8,9). The van der Waals surface area contributed by atoms with Crippen LogP contribution in [-0.2, 0) is 10.0 Å². The van der Waals surface area contributed by atoms with Crippen molar-refractivity contribution in [3.8, 4) is 0 Å². The topological polar surface area (TPSA) is 74.8 Å². The van der Waals surface area contributed by atoms with Crippen LogP contribution in [0.15, 0.2) is 17.3 Å². The molecule has 0 aliphatic heterocycles. The quantitative estimate of drug-likeness (QED) is 0.735. The molecule has 0 radical (unpaired) electrons. The van der Waals surface area contributed by atoms with Crippen molar-refractivity contribution in [1.82, 2.24) is 14.9 Å². The lowest BCUT2D eigenvalue weighted by Gasteiger charge is -2.09. The molecule has 1 aromatic heterocycles. The summed E-state index contributed by atoms with van der Waals surface area (Å²) in [6, 6.07) is 0. The van der Waals surface area contributed by atoms with Crippen LogP contribution in [0.1, 0.15) is 19.8 Å². The van der Waals surface area contributed by atoms with Crippen LogP contribution in [0.25, 0.3) is 0 Å². The zero-order chi connectivity index (χ0) is 9.53. The first-order valence-electron chi connectivity index (χ1n) is 4.05. The summed E-state index contributed by atoms with van der Waals surface area (Å²) in [4.78, 5) is 0.195. The van der Waals surface area contributed by atoms with E-state index in [4.69, 9.17) is 0 Å². The second kappa shape index (κ2) is 2.55. The lowest BCUT2D eigenvalue weighted by molar-refractivity contribution is 0.558. The van der Waals surface area contributed by atoms with Crippen LogP contribution >= 0.6 is 0 Å². The number of hydrogen-bond acceptors (Lipinski definition) is 3. The average Bonchev–Trinajstić information content (AvgIpc) is 2.53. The molecule has 5 nitrogen and oxygen atoms in total. The zero-order valence-electron chi connectivity index (χ0n) is 7.24. The van der Waals surface area contributed by atoms with Crippen LogP contribution in [0.3, 0.4) is 0 Å². The van der Waals surface area contributed by atoms with Crippen LogP contribution in [0, 0.1) is 0 Å². The number of nitrogens with one attached hydrogen (secondary N) is 2. The minimum Gasteiger partial charge on any atom is -0.284 e. The van der Waals surface area contributed by atoms with Crippen molar-refractivity contribution in [2.45, 2.75) is 30.2 Å². The molecule has 0 unspecified atom stereocenters. The Hall–Kier alpha value is -0.880. The van der Waals surface area contributed by atoms with Gasteiger partial charge in [0.1, 0.15) is 4.90 Å². The minimum atomic E-state index is -3.36. The fraction of sp³-hybridized carbons (Fsp3) is 0.571. The molecule has 1 aliphatic carbocycles. The molecule has 1 aromatic rings. The van der Waals surface area contributed by atoms with Gasteiger partial charge in [-0.1, -0.05) is 0 Å². The van der Waals surface area contributed by atoms with Crippen molar-refractivity contribution in [2.24, 2.45) is 0 Å².